The van der Waals surface area contributed by atoms with Crippen molar-refractivity contribution in [3.63, 3.8) is 0 Å². The second-order valence-corrected chi connectivity index (χ2v) is 8.63. The monoisotopic (exact) mass is 470 g/mol. The Labute approximate surface area is 205 Å². The number of fused-ring (bicyclic) bond motifs is 5. The summed E-state index contributed by atoms with van der Waals surface area (Å²) in [4.78, 5) is 1.99. The molecule has 2 nitrogen and oxygen atoms in total. The maximum absolute atomic E-state index is 8.18. The lowest BCUT2D eigenvalue weighted by Gasteiger charge is -2.27. The highest BCUT2D eigenvalue weighted by Crippen LogP contribution is 2.47. The molecule has 0 unspecified atom stereocenters. The third-order valence-corrected chi connectivity index (χ3v) is 6.73. The van der Waals surface area contributed by atoms with Crippen molar-refractivity contribution >= 4 is 73.0 Å². The first-order valence-corrected chi connectivity index (χ1v) is 11.3. The van der Waals surface area contributed by atoms with Crippen LogP contribution in [0.2, 0.25) is 10.0 Å². The molecular weight excluding hydrogens is 449 g/mol. The molecule has 1 aromatic heterocycles. The van der Waals surface area contributed by atoms with Gasteiger partial charge in [-0.2, -0.15) is 0 Å². The zero-order valence-electron chi connectivity index (χ0n) is 20.3. The number of furan rings is 1. The Morgan fingerprint density at radius 3 is 2.36 bits per heavy atom. The van der Waals surface area contributed by atoms with Crippen molar-refractivity contribution in [2.45, 2.75) is 6.85 Å². The molecule has 0 aliphatic rings. The van der Waals surface area contributed by atoms with E-state index in [4.69, 9.17) is 31.7 Å². The number of halogens is 2. The van der Waals surface area contributed by atoms with Gasteiger partial charge in [0.05, 0.1) is 26.8 Å². The van der Waals surface area contributed by atoms with Gasteiger partial charge in [-0.05, 0) is 54.2 Å². The lowest BCUT2D eigenvalue weighted by Crippen LogP contribution is -2.11. The molecule has 5 aromatic carbocycles. The number of rotatable bonds is 3. The second-order valence-electron chi connectivity index (χ2n) is 7.85. The molecule has 0 fully saturated rings. The van der Waals surface area contributed by atoms with Gasteiger partial charge in [0.25, 0.3) is 0 Å². The summed E-state index contributed by atoms with van der Waals surface area (Å²) in [5.74, 6) is 0. The molecule has 0 aliphatic carbocycles. The van der Waals surface area contributed by atoms with Gasteiger partial charge in [-0.25, -0.2) is 0 Å². The van der Waals surface area contributed by atoms with E-state index < -0.39 is 6.85 Å². The van der Waals surface area contributed by atoms with E-state index >= 15 is 0 Å². The third kappa shape index (κ3) is 3.18. The van der Waals surface area contributed by atoms with Crippen molar-refractivity contribution in [1.82, 2.24) is 0 Å². The molecule has 33 heavy (non-hydrogen) atoms. The first-order valence-electron chi connectivity index (χ1n) is 12.0. The summed E-state index contributed by atoms with van der Waals surface area (Å²) < 4.78 is 30.9. The standard InChI is InChI=1S/C29H19Cl2NO/c1-18-14-17-24(26-22-16-15-19-8-5-6-11-21(19)29(22)33-28(18)26)32(20-9-3-2-4-10-20)25-13-7-12-23(30)27(25)31/h2-17H,1H3/i1D3. The molecule has 4 heteroatoms. The van der Waals surface area contributed by atoms with E-state index in [1.54, 1.807) is 12.1 Å². The number of para-hydroxylation sites is 1. The minimum Gasteiger partial charge on any atom is -0.455 e. The molecule has 6 rings (SSSR count). The van der Waals surface area contributed by atoms with E-state index in [0.717, 1.165) is 27.5 Å². The summed E-state index contributed by atoms with van der Waals surface area (Å²) in [6, 6.07) is 30.6. The predicted molar refractivity (Wildman–Crippen MR) is 141 cm³/mol. The molecule has 0 bridgehead atoms. The van der Waals surface area contributed by atoms with Gasteiger partial charge in [0.1, 0.15) is 11.2 Å². The van der Waals surface area contributed by atoms with Crippen LogP contribution in [0.5, 0.6) is 0 Å². The Morgan fingerprint density at radius 1 is 0.697 bits per heavy atom. The minimum absolute atomic E-state index is 0.159. The largest absolute Gasteiger partial charge is 0.455 e. The summed E-state index contributed by atoms with van der Waals surface area (Å²) in [6.45, 7) is -2.36. The molecule has 6 aromatic rings. The van der Waals surface area contributed by atoms with Gasteiger partial charge in [0.2, 0.25) is 0 Å². The highest BCUT2D eigenvalue weighted by atomic mass is 35.5. The zero-order valence-corrected chi connectivity index (χ0v) is 18.9. The van der Waals surface area contributed by atoms with E-state index in [1.807, 2.05) is 89.8 Å². The Balaban J connectivity index is 1.78. The molecule has 0 N–H and O–H groups in total. The molecule has 0 saturated heterocycles. The van der Waals surface area contributed by atoms with Gasteiger partial charge in [0, 0.05) is 20.6 Å². The smallest absolute Gasteiger partial charge is 0.143 e. The van der Waals surface area contributed by atoms with Crippen LogP contribution in [0.15, 0.2) is 101 Å². The van der Waals surface area contributed by atoms with Crippen molar-refractivity contribution < 1.29 is 8.53 Å². The zero-order chi connectivity index (χ0) is 25.0. The van der Waals surface area contributed by atoms with Crippen molar-refractivity contribution in [2.24, 2.45) is 0 Å². The van der Waals surface area contributed by atoms with E-state index in [1.165, 1.54) is 0 Å². The third-order valence-electron chi connectivity index (χ3n) is 5.92. The highest BCUT2D eigenvalue weighted by Gasteiger charge is 2.23. The Hall–Kier alpha value is -3.46. The molecule has 0 radical (unpaired) electrons. The minimum atomic E-state index is -2.36. The van der Waals surface area contributed by atoms with Crippen molar-refractivity contribution in [2.75, 3.05) is 4.90 Å². The highest BCUT2D eigenvalue weighted by molar-refractivity contribution is 6.44. The molecule has 0 aliphatic heterocycles. The average molecular weight is 471 g/mol. The van der Waals surface area contributed by atoms with Crippen molar-refractivity contribution in [1.29, 1.82) is 0 Å². The number of nitrogens with zero attached hydrogens (tertiary/aromatic N) is 1. The van der Waals surface area contributed by atoms with Crippen LogP contribution in [0.3, 0.4) is 0 Å². The van der Waals surface area contributed by atoms with Gasteiger partial charge in [-0.3, -0.25) is 0 Å². The molecule has 0 atom stereocenters. The van der Waals surface area contributed by atoms with Crippen LogP contribution in [-0.4, -0.2) is 0 Å². The van der Waals surface area contributed by atoms with Gasteiger partial charge in [-0.1, -0.05) is 83.9 Å². The maximum atomic E-state index is 8.18. The first kappa shape index (κ1) is 17.1. The average Bonchev–Trinajstić information content (AvgIpc) is 3.27. The Bertz CT molecular complexity index is 1760. The van der Waals surface area contributed by atoms with Gasteiger partial charge in [-0.15, -0.1) is 0 Å². The second kappa shape index (κ2) is 7.84. The fourth-order valence-electron chi connectivity index (χ4n) is 4.43. The number of hydrogen-bond donors (Lipinski definition) is 0. The summed E-state index contributed by atoms with van der Waals surface area (Å²) in [5, 5.41) is 4.27. The summed E-state index contributed by atoms with van der Waals surface area (Å²) in [6.07, 6.45) is 0. The van der Waals surface area contributed by atoms with E-state index in [9.17, 15) is 0 Å². The molecule has 160 valence electrons. The van der Waals surface area contributed by atoms with Gasteiger partial charge >= 0.3 is 0 Å². The number of hydrogen-bond acceptors (Lipinski definition) is 2. The summed E-state index contributed by atoms with van der Waals surface area (Å²) in [7, 11) is 0. The normalized spacial score (nSPS) is 13.2. The van der Waals surface area contributed by atoms with E-state index in [0.29, 0.717) is 32.3 Å². The lowest BCUT2D eigenvalue weighted by atomic mass is 10.0. The quantitative estimate of drug-likeness (QED) is 0.255. The van der Waals surface area contributed by atoms with E-state index in [2.05, 4.69) is 0 Å². The number of benzene rings is 5. The van der Waals surface area contributed by atoms with Crippen LogP contribution < -0.4 is 4.90 Å². The maximum Gasteiger partial charge on any atom is 0.143 e. The van der Waals surface area contributed by atoms with Crippen LogP contribution in [0.25, 0.3) is 32.7 Å². The van der Waals surface area contributed by atoms with Crippen LogP contribution in [0.1, 0.15) is 9.68 Å². The van der Waals surface area contributed by atoms with Gasteiger partial charge < -0.3 is 9.32 Å². The number of aryl methyl sites for hydroxylation is 1. The number of anilines is 3. The van der Waals surface area contributed by atoms with Crippen LogP contribution in [-0.2, 0) is 0 Å². The Kier molecular flexibility index (Phi) is 4.06. The van der Waals surface area contributed by atoms with Crippen LogP contribution in [0, 0.1) is 6.85 Å². The Morgan fingerprint density at radius 2 is 1.52 bits per heavy atom. The van der Waals surface area contributed by atoms with Crippen LogP contribution in [0.4, 0.5) is 17.1 Å². The van der Waals surface area contributed by atoms with Gasteiger partial charge in [0.15, 0.2) is 0 Å². The SMILES string of the molecule is [2H]C([2H])([2H])c1ccc(N(c2ccccc2)c2cccc(Cl)c2Cl)c2c1oc1c3ccccc3ccc12. The molecule has 1 heterocycles. The first-order chi connectivity index (χ1) is 17.3. The molecular formula is C29H19Cl2NO. The van der Waals surface area contributed by atoms with E-state index in [-0.39, 0.29) is 5.56 Å². The molecule has 0 amide bonds. The molecule has 0 saturated carbocycles. The molecule has 0 spiro atoms. The van der Waals surface area contributed by atoms with Crippen LogP contribution >= 0.6 is 23.2 Å². The predicted octanol–water partition coefficient (Wildman–Crippen LogP) is 9.82. The summed E-state index contributed by atoms with van der Waals surface area (Å²) >= 11 is 13.1. The fourth-order valence-corrected chi connectivity index (χ4v) is 4.81. The fraction of sp³-hybridized carbons (Fsp3) is 0.0345. The topological polar surface area (TPSA) is 16.4 Å². The lowest BCUT2D eigenvalue weighted by molar-refractivity contribution is 0.669. The van der Waals surface area contributed by atoms with Crippen molar-refractivity contribution in [3.05, 3.63) is 113 Å². The van der Waals surface area contributed by atoms with Crippen molar-refractivity contribution in [3.8, 4) is 0 Å². The summed E-state index contributed by atoms with van der Waals surface area (Å²) in [5.41, 5.74) is 3.39.